The molecule has 1 atom stereocenters. The highest BCUT2D eigenvalue weighted by molar-refractivity contribution is 5.62. The molecule has 2 N–H and O–H groups in total. The first-order valence-electron chi connectivity index (χ1n) is 7.35. The fourth-order valence-electron chi connectivity index (χ4n) is 2.56. The topological polar surface area (TPSA) is 35.5 Å². The molecular weight excluding hydrogens is 260 g/mol. The van der Waals surface area contributed by atoms with Gasteiger partial charge in [-0.15, -0.1) is 0 Å². The average molecular weight is 284 g/mol. The number of phenolic OH excluding ortho intramolecular Hbond substituents is 1. The fourth-order valence-corrected chi connectivity index (χ4v) is 2.56. The first-order valence-corrected chi connectivity index (χ1v) is 7.35. The van der Waals surface area contributed by atoms with Gasteiger partial charge >= 0.3 is 0 Å². The molecule has 0 aromatic heterocycles. The normalized spacial score (nSPS) is 12.0. The lowest BCUT2D eigenvalue weighted by atomic mass is 10.0. The van der Waals surface area contributed by atoms with Crippen LogP contribution in [0.1, 0.15) is 30.5 Å². The Kier molecular flexibility index (Phi) is 4.73. The molecule has 0 aliphatic heterocycles. The van der Waals surface area contributed by atoms with Gasteiger partial charge in [0.2, 0.25) is 0 Å². The Morgan fingerprint density at radius 1 is 1.14 bits per heavy atom. The molecule has 0 aliphatic carbocycles. The third-order valence-corrected chi connectivity index (χ3v) is 3.75. The van der Waals surface area contributed by atoms with Gasteiger partial charge < -0.3 is 15.3 Å². The van der Waals surface area contributed by atoms with Crippen LogP contribution in [0.2, 0.25) is 0 Å². The van der Waals surface area contributed by atoms with Crippen LogP contribution in [-0.4, -0.2) is 19.2 Å². The Balaban J connectivity index is 2.27. The summed E-state index contributed by atoms with van der Waals surface area (Å²) in [5.74, 6) is 0.344. The summed E-state index contributed by atoms with van der Waals surface area (Å²) in [6.07, 6.45) is 0.906. The largest absolute Gasteiger partial charge is 0.508 e. The van der Waals surface area contributed by atoms with Crippen molar-refractivity contribution in [3.63, 3.8) is 0 Å². The minimum absolute atomic E-state index is 0.101. The highest BCUT2D eigenvalue weighted by Crippen LogP contribution is 2.31. The Morgan fingerprint density at radius 2 is 1.86 bits per heavy atom. The van der Waals surface area contributed by atoms with Gasteiger partial charge in [-0.3, -0.25) is 0 Å². The number of aryl methyl sites for hydroxylation is 1. The molecule has 2 aromatic rings. The summed E-state index contributed by atoms with van der Waals surface area (Å²) >= 11 is 0. The number of aromatic hydroxyl groups is 1. The third-order valence-electron chi connectivity index (χ3n) is 3.75. The molecule has 2 aromatic carbocycles. The van der Waals surface area contributed by atoms with E-state index in [4.69, 9.17) is 0 Å². The third kappa shape index (κ3) is 3.48. The molecule has 0 aliphatic rings. The molecule has 112 valence electrons. The first-order chi connectivity index (χ1) is 10.0. The molecule has 0 spiro atoms. The van der Waals surface area contributed by atoms with Gasteiger partial charge in [-0.25, -0.2) is 0 Å². The van der Waals surface area contributed by atoms with Crippen molar-refractivity contribution in [1.29, 1.82) is 0 Å². The zero-order valence-electron chi connectivity index (χ0n) is 13.2. The second-order valence-corrected chi connectivity index (χ2v) is 5.56. The molecule has 2 rings (SSSR count). The Bertz CT molecular complexity index is 608. The van der Waals surface area contributed by atoms with Crippen LogP contribution in [0, 0.1) is 6.92 Å². The van der Waals surface area contributed by atoms with E-state index in [9.17, 15) is 5.11 Å². The lowest BCUT2D eigenvalue weighted by Crippen LogP contribution is -2.13. The SMILES string of the molecule is CCC(Nc1ccc(C)c(N(C)C)c1)c1ccccc1O. The Hall–Kier alpha value is -2.16. The maximum atomic E-state index is 10.0. The van der Waals surface area contributed by atoms with Crippen molar-refractivity contribution in [1.82, 2.24) is 0 Å². The van der Waals surface area contributed by atoms with Crippen LogP contribution in [-0.2, 0) is 0 Å². The summed E-state index contributed by atoms with van der Waals surface area (Å²) in [5, 5.41) is 13.6. The number of nitrogens with one attached hydrogen (secondary N) is 1. The summed E-state index contributed by atoms with van der Waals surface area (Å²) in [6, 6.07) is 14.0. The zero-order chi connectivity index (χ0) is 15.4. The summed E-state index contributed by atoms with van der Waals surface area (Å²) < 4.78 is 0. The van der Waals surface area contributed by atoms with Crippen LogP contribution in [0.25, 0.3) is 0 Å². The van der Waals surface area contributed by atoms with Crippen LogP contribution in [0.15, 0.2) is 42.5 Å². The van der Waals surface area contributed by atoms with Crippen molar-refractivity contribution < 1.29 is 5.11 Å². The molecule has 0 fully saturated rings. The summed E-state index contributed by atoms with van der Waals surface area (Å²) in [6.45, 7) is 4.23. The van der Waals surface area contributed by atoms with E-state index in [2.05, 4.69) is 42.3 Å². The highest BCUT2D eigenvalue weighted by Gasteiger charge is 2.13. The second-order valence-electron chi connectivity index (χ2n) is 5.56. The van der Waals surface area contributed by atoms with Crippen LogP contribution < -0.4 is 10.2 Å². The van der Waals surface area contributed by atoms with Crippen LogP contribution in [0.5, 0.6) is 5.75 Å². The van der Waals surface area contributed by atoms with Gasteiger partial charge in [0.1, 0.15) is 5.75 Å². The van der Waals surface area contributed by atoms with Crippen molar-refractivity contribution in [2.45, 2.75) is 26.3 Å². The van der Waals surface area contributed by atoms with Gasteiger partial charge in [-0.2, -0.15) is 0 Å². The van der Waals surface area contributed by atoms with E-state index in [-0.39, 0.29) is 6.04 Å². The number of rotatable bonds is 5. The molecule has 0 heterocycles. The minimum atomic E-state index is 0.101. The van der Waals surface area contributed by atoms with Crippen molar-refractivity contribution in [3.05, 3.63) is 53.6 Å². The maximum Gasteiger partial charge on any atom is 0.120 e. The summed E-state index contributed by atoms with van der Waals surface area (Å²) in [5.41, 5.74) is 4.46. The monoisotopic (exact) mass is 284 g/mol. The second kappa shape index (κ2) is 6.53. The van der Waals surface area contributed by atoms with Crippen LogP contribution >= 0.6 is 0 Å². The van der Waals surface area contributed by atoms with E-state index in [0.717, 1.165) is 17.7 Å². The molecule has 21 heavy (non-hydrogen) atoms. The van der Waals surface area contributed by atoms with Crippen molar-refractivity contribution in [3.8, 4) is 5.75 Å². The number of hydrogen-bond acceptors (Lipinski definition) is 3. The molecule has 0 amide bonds. The smallest absolute Gasteiger partial charge is 0.120 e. The standard InChI is InChI=1S/C18H24N2O/c1-5-16(15-8-6-7-9-18(15)21)19-14-11-10-13(2)17(12-14)20(3)4/h6-12,16,19,21H,5H2,1-4H3. The molecule has 1 unspecified atom stereocenters. The predicted octanol–water partition coefficient (Wildman–Crippen LogP) is 4.33. The molecule has 3 heteroatoms. The molecule has 0 saturated heterocycles. The molecular formula is C18H24N2O. The maximum absolute atomic E-state index is 10.0. The number of phenols is 1. The lowest BCUT2D eigenvalue weighted by molar-refractivity contribution is 0.463. The number of nitrogens with zero attached hydrogens (tertiary/aromatic N) is 1. The number of benzene rings is 2. The quantitative estimate of drug-likeness (QED) is 0.858. The van der Waals surface area contributed by atoms with E-state index in [1.807, 2.05) is 32.3 Å². The van der Waals surface area contributed by atoms with E-state index in [1.165, 1.54) is 11.3 Å². The van der Waals surface area contributed by atoms with E-state index in [0.29, 0.717) is 5.75 Å². The highest BCUT2D eigenvalue weighted by atomic mass is 16.3. The molecule has 3 nitrogen and oxygen atoms in total. The predicted molar refractivity (Wildman–Crippen MR) is 90.3 cm³/mol. The van der Waals surface area contributed by atoms with E-state index in [1.54, 1.807) is 6.07 Å². The minimum Gasteiger partial charge on any atom is -0.508 e. The van der Waals surface area contributed by atoms with Crippen molar-refractivity contribution in [2.75, 3.05) is 24.3 Å². The van der Waals surface area contributed by atoms with Crippen molar-refractivity contribution in [2.24, 2.45) is 0 Å². The first kappa shape index (κ1) is 15.2. The lowest BCUT2D eigenvalue weighted by Gasteiger charge is -2.22. The van der Waals surface area contributed by atoms with Gasteiger partial charge in [0.25, 0.3) is 0 Å². The Morgan fingerprint density at radius 3 is 2.48 bits per heavy atom. The van der Waals surface area contributed by atoms with Crippen molar-refractivity contribution >= 4 is 11.4 Å². The van der Waals surface area contributed by atoms with E-state index >= 15 is 0 Å². The van der Waals surface area contributed by atoms with Gasteiger partial charge in [-0.05, 0) is 37.1 Å². The van der Waals surface area contributed by atoms with Crippen LogP contribution in [0.3, 0.4) is 0 Å². The van der Waals surface area contributed by atoms with Gasteiger partial charge in [-0.1, -0.05) is 31.2 Å². The molecule has 0 bridgehead atoms. The number of anilines is 2. The van der Waals surface area contributed by atoms with Gasteiger partial charge in [0.15, 0.2) is 0 Å². The van der Waals surface area contributed by atoms with Gasteiger partial charge in [0.05, 0.1) is 6.04 Å². The number of hydrogen-bond donors (Lipinski definition) is 2. The van der Waals surface area contributed by atoms with E-state index < -0.39 is 0 Å². The van der Waals surface area contributed by atoms with Gasteiger partial charge in [0, 0.05) is 31.0 Å². The summed E-state index contributed by atoms with van der Waals surface area (Å²) in [7, 11) is 4.10. The Labute approximate surface area is 127 Å². The van der Waals surface area contributed by atoms with Crippen LogP contribution in [0.4, 0.5) is 11.4 Å². The molecule has 0 saturated carbocycles. The molecule has 0 radical (unpaired) electrons. The fraction of sp³-hybridized carbons (Fsp3) is 0.333. The average Bonchev–Trinajstić information content (AvgIpc) is 2.47. The zero-order valence-corrected chi connectivity index (χ0v) is 13.2. The number of para-hydroxylation sites is 1. The summed E-state index contributed by atoms with van der Waals surface area (Å²) in [4.78, 5) is 2.11.